The number of thiophene rings is 1. The summed E-state index contributed by atoms with van der Waals surface area (Å²) in [6.45, 7) is -0.0701. The lowest BCUT2D eigenvalue weighted by molar-refractivity contribution is -0.115. The van der Waals surface area contributed by atoms with Crippen LogP contribution in [0.25, 0.3) is 10.4 Å². The zero-order valence-corrected chi connectivity index (χ0v) is 16.8. The molecule has 1 heterocycles. The minimum Gasteiger partial charge on any atom is -0.342 e. The second-order valence-electron chi connectivity index (χ2n) is 6.33. The van der Waals surface area contributed by atoms with Crippen molar-refractivity contribution in [1.82, 2.24) is 5.32 Å². The molecule has 2 aromatic carbocycles. The summed E-state index contributed by atoms with van der Waals surface area (Å²) in [5.41, 5.74) is 4.43. The molecule has 0 bridgehead atoms. The van der Waals surface area contributed by atoms with Crippen LogP contribution in [0.4, 0.5) is 5.69 Å². The molecule has 0 atom stereocenters. The molecule has 0 unspecified atom stereocenters. The predicted octanol–water partition coefficient (Wildman–Crippen LogP) is 4.64. The molecule has 2 amide bonds. The summed E-state index contributed by atoms with van der Waals surface area (Å²) >= 11 is 4.88. The van der Waals surface area contributed by atoms with E-state index in [-0.39, 0.29) is 18.4 Å². The molecule has 1 aliphatic carbocycles. The molecule has 3 aromatic rings. The number of fused-ring (bicyclic) bond motifs is 3. The quantitative estimate of drug-likeness (QED) is 0.620. The van der Waals surface area contributed by atoms with E-state index in [1.165, 1.54) is 32.9 Å². The lowest BCUT2D eigenvalue weighted by Gasteiger charge is -2.15. The summed E-state index contributed by atoms with van der Waals surface area (Å²) < 4.78 is 0.800. The average Bonchev–Trinajstić information content (AvgIpc) is 3.13. The van der Waals surface area contributed by atoms with Crippen LogP contribution in [0.2, 0.25) is 0 Å². The summed E-state index contributed by atoms with van der Waals surface area (Å²) in [4.78, 5) is 26.4. The number of rotatable bonds is 4. The number of hydrogen-bond acceptors (Lipinski definition) is 3. The Morgan fingerprint density at radius 3 is 2.59 bits per heavy atom. The van der Waals surface area contributed by atoms with Gasteiger partial charge in [0.05, 0.1) is 17.1 Å². The van der Waals surface area contributed by atoms with Crippen molar-refractivity contribution in [2.45, 2.75) is 12.8 Å². The number of amides is 2. The van der Waals surface area contributed by atoms with Gasteiger partial charge in [-0.3, -0.25) is 9.59 Å². The van der Waals surface area contributed by atoms with Gasteiger partial charge in [-0.15, -0.1) is 11.3 Å². The summed E-state index contributed by atoms with van der Waals surface area (Å²) in [5.74, 6) is -0.476. The molecular weight excluding hydrogens is 424 g/mol. The number of anilines is 1. The Hall–Kier alpha value is -2.44. The highest BCUT2D eigenvalue weighted by atomic mass is 79.9. The maximum atomic E-state index is 12.5. The maximum Gasteiger partial charge on any atom is 0.261 e. The molecule has 136 valence electrons. The summed E-state index contributed by atoms with van der Waals surface area (Å²) in [6.07, 6.45) is 1.94. The van der Waals surface area contributed by atoms with Crippen molar-refractivity contribution in [3.05, 3.63) is 75.1 Å². The van der Waals surface area contributed by atoms with Crippen molar-refractivity contribution >= 4 is 44.8 Å². The summed E-state index contributed by atoms with van der Waals surface area (Å²) in [5, 5.41) is 5.50. The molecular formula is C21H17BrN2O2S. The van der Waals surface area contributed by atoms with Gasteiger partial charge in [0.25, 0.3) is 5.91 Å². The third-order valence-corrected chi connectivity index (χ3v) is 6.42. The first kappa shape index (κ1) is 17.9. The van der Waals surface area contributed by atoms with E-state index in [0.717, 1.165) is 17.3 Å². The molecule has 0 saturated carbocycles. The number of carbonyl (C=O) groups is 2. The Labute approximate surface area is 169 Å². The van der Waals surface area contributed by atoms with Crippen molar-refractivity contribution in [3.63, 3.8) is 0 Å². The molecule has 0 aliphatic heterocycles. The summed E-state index contributed by atoms with van der Waals surface area (Å²) in [6, 6.07) is 17.6. The lowest BCUT2D eigenvalue weighted by Crippen LogP contribution is -2.32. The van der Waals surface area contributed by atoms with Crippen molar-refractivity contribution in [2.75, 3.05) is 11.9 Å². The van der Waals surface area contributed by atoms with Crippen molar-refractivity contribution in [2.24, 2.45) is 0 Å². The monoisotopic (exact) mass is 440 g/mol. The maximum absolute atomic E-state index is 12.5. The van der Waals surface area contributed by atoms with E-state index in [0.29, 0.717) is 10.6 Å². The Balaban J connectivity index is 1.42. The van der Waals surface area contributed by atoms with Gasteiger partial charge in [-0.2, -0.15) is 0 Å². The molecule has 4 rings (SSSR count). The van der Waals surface area contributed by atoms with E-state index < -0.39 is 0 Å². The zero-order valence-electron chi connectivity index (χ0n) is 14.4. The molecule has 27 heavy (non-hydrogen) atoms. The fourth-order valence-corrected chi connectivity index (χ4v) is 4.76. The van der Waals surface area contributed by atoms with Crippen LogP contribution in [-0.4, -0.2) is 18.4 Å². The van der Waals surface area contributed by atoms with E-state index in [1.807, 2.05) is 30.3 Å². The van der Waals surface area contributed by atoms with Crippen LogP contribution in [0.15, 0.2) is 59.1 Å². The van der Waals surface area contributed by atoms with E-state index in [1.54, 1.807) is 6.07 Å². The first-order chi connectivity index (χ1) is 13.1. The molecule has 0 spiro atoms. The SMILES string of the molecule is O=C(CNC(=O)c1cc2c(s1)-c1ccccc1CC2)Nc1ccccc1Br. The van der Waals surface area contributed by atoms with Crippen LogP contribution in [0, 0.1) is 0 Å². The second kappa shape index (κ2) is 7.66. The van der Waals surface area contributed by atoms with E-state index in [9.17, 15) is 9.59 Å². The molecule has 1 aromatic heterocycles. The first-order valence-electron chi connectivity index (χ1n) is 8.65. The summed E-state index contributed by atoms with van der Waals surface area (Å²) in [7, 11) is 0. The number of hydrogen-bond donors (Lipinski definition) is 2. The number of nitrogens with one attached hydrogen (secondary N) is 2. The number of halogens is 1. The Morgan fingerprint density at radius 1 is 1.00 bits per heavy atom. The van der Waals surface area contributed by atoms with E-state index >= 15 is 0 Å². The van der Waals surface area contributed by atoms with Crippen LogP contribution in [0.3, 0.4) is 0 Å². The number of carbonyl (C=O) groups excluding carboxylic acids is 2. The van der Waals surface area contributed by atoms with Crippen molar-refractivity contribution in [3.8, 4) is 10.4 Å². The number of aryl methyl sites for hydroxylation is 2. The van der Waals surface area contributed by atoms with Crippen molar-refractivity contribution < 1.29 is 9.59 Å². The highest BCUT2D eigenvalue weighted by Crippen LogP contribution is 2.39. The highest BCUT2D eigenvalue weighted by molar-refractivity contribution is 9.10. The van der Waals surface area contributed by atoms with Gasteiger partial charge in [0.2, 0.25) is 5.91 Å². The lowest BCUT2D eigenvalue weighted by atomic mass is 9.91. The van der Waals surface area contributed by atoms with Gasteiger partial charge in [-0.25, -0.2) is 0 Å². The van der Waals surface area contributed by atoms with Crippen LogP contribution in [0.1, 0.15) is 20.8 Å². The molecule has 6 heteroatoms. The van der Waals surface area contributed by atoms with Gasteiger partial charge in [-0.05, 0) is 63.7 Å². The van der Waals surface area contributed by atoms with Gasteiger partial charge in [0.15, 0.2) is 0 Å². The average molecular weight is 441 g/mol. The van der Waals surface area contributed by atoms with Crippen LogP contribution in [0.5, 0.6) is 0 Å². The normalized spacial score (nSPS) is 12.0. The third kappa shape index (κ3) is 3.82. The molecule has 0 radical (unpaired) electrons. The number of para-hydroxylation sites is 1. The second-order valence-corrected chi connectivity index (χ2v) is 8.24. The van der Waals surface area contributed by atoms with Gasteiger partial charge >= 0.3 is 0 Å². The van der Waals surface area contributed by atoms with Crippen LogP contribution < -0.4 is 10.6 Å². The topological polar surface area (TPSA) is 58.2 Å². The van der Waals surface area contributed by atoms with Crippen LogP contribution in [-0.2, 0) is 17.6 Å². The van der Waals surface area contributed by atoms with Gasteiger partial charge < -0.3 is 10.6 Å². The van der Waals surface area contributed by atoms with E-state index in [2.05, 4.69) is 44.8 Å². The third-order valence-electron chi connectivity index (χ3n) is 4.52. The van der Waals surface area contributed by atoms with Crippen molar-refractivity contribution in [1.29, 1.82) is 0 Å². The van der Waals surface area contributed by atoms with Gasteiger partial charge in [0, 0.05) is 9.35 Å². The fourth-order valence-electron chi connectivity index (χ4n) is 3.19. The Kier molecular flexibility index (Phi) is 5.09. The molecule has 1 aliphatic rings. The zero-order chi connectivity index (χ0) is 18.8. The smallest absolute Gasteiger partial charge is 0.261 e. The first-order valence-corrected chi connectivity index (χ1v) is 10.3. The standard InChI is InChI=1S/C21H17BrN2O2S/c22-16-7-3-4-8-17(16)24-19(25)12-23-21(26)18-11-14-10-9-13-5-1-2-6-15(13)20(14)27-18/h1-8,11H,9-10,12H2,(H,23,26)(H,24,25). The molecule has 2 N–H and O–H groups in total. The fraction of sp³-hybridized carbons (Fsp3) is 0.143. The molecule has 0 fully saturated rings. The van der Waals surface area contributed by atoms with Gasteiger partial charge in [0.1, 0.15) is 0 Å². The highest BCUT2D eigenvalue weighted by Gasteiger charge is 2.21. The van der Waals surface area contributed by atoms with Gasteiger partial charge in [-0.1, -0.05) is 36.4 Å². The Bertz CT molecular complexity index is 1030. The predicted molar refractivity (Wildman–Crippen MR) is 112 cm³/mol. The van der Waals surface area contributed by atoms with Crippen LogP contribution >= 0.6 is 27.3 Å². The molecule has 0 saturated heterocycles. The largest absolute Gasteiger partial charge is 0.342 e. The minimum absolute atomic E-state index is 0.0701. The Morgan fingerprint density at radius 2 is 1.74 bits per heavy atom. The molecule has 4 nitrogen and oxygen atoms in total. The van der Waals surface area contributed by atoms with E-state index in [4.69, 9.17) is 0 Å². The number of benzene rings is 2. The minimum atomic E-state index is -0.262.